The first-order chi connectivity index (χ1) is 15.8. The van der Waals surface area contributed by atoms with E-state index in [0.717, 1.165) is 49.1 Å². The Morgan fingerprint density at radius 3 is 2.27 bits per heavy atom. The summed E-state index contributed by atoms with van der Waals surface area (Å²) in [4.78, 5) is 13.0. The lowest BCUT2D eigenvalue weighted by Gasteiger charge is -2.46. The largest absolute Gasteiger partial charge is 0.426 e. The van der Waals surface area contributed by atoms with Crippen LogP contribution in [0, 0.1) is 35.5 Å². The lowest BCUT2D eigenvalue weighted by molar-refractivity contribution is -0.144. The van der Waals surface area contributed by atoms with E-state index in [1.165, 1.54) is 76.3 Å². The average molecular weight is 465 g/mol. The Morgan fingerprint density at radius 2 is 1.61 bits per heavy atom. The zero-order valence-corrected chi connectivity index (χ0v) is 19.9. The van der Waals surface area contributed by atoms with Gasteiger partial charge in [-0.05, 0) is 92.4 Å². The topological polar surface area (TPSA) is 26.3 Å². The summed E-state index contributed by atoms with van der Waals surface area (Å²) in [5, 5.41) is 0. The van der Waals surface area contributed by atoms with Crippen LogP contribution >= 0.6 is 0 Å². The maximum Gasteiger partial charge on any atom is 0.416 e. The second kappa shape index (κ2) is 10.8. The van der Waals surface area contributed by atoms with Crippen molar-refractivity contribution in [2.75, 3.05) is 0 Å². The van der Waals surface area contributed by atoms with Crippen molar-refractivity contribution in [2.24, 2.45) is 35.5 Å². The van der Waals surface area contributed by atoms with Gasteiger partial charge in [0.15, 0.2) is 0 Å². The van der Waals surface area contributed by atoms with Crippen molar-refractivity contribution in [2.45, 2.75) is 96.6 Å². The molecule has 0 aromatic heterocycles. The third kappa shape index (κ3) is 6.14. The molecule has 4 atom stereocenters. The molecule has 1 aromatic carbocycles. The van der Waals surface area contributed by atoms with E-state index in [-0.39, 0.29) is 17.6 Å². The summed E-state index contributed by atoms with van der Waals surface area (Å²) in [5.41, 5.74) is -0.724. The molecular formula is C28H39F3O2. The van der Waals surface area contributed by atoms with Gasteiger partial charge in [-0.25, -0.2) is 0 Å². The summed E-state index contributed by atoms with van der Waals surface area (Å²) in [6.07, 6.45) is 11.9. The van der Waals surface area contributed by atoms with Crippen LogP contribution in [0.5, 0.6) is 5.75 Å². The number of carbonyl (C=O) groups is 1. The lowest BCUT2D eigenvalue weighted by atomic mass is 9.59. The highest BCUT2D eigenvalue weighted by atomic mass is 19.4. The van der Waals surface area contributed by atoms with Crippen LogP contribution < -0.4 is 4.74 Å². The number of hydrogen-bond donors (Lipinski definition) is 0. The molecule has 0 N–H and O–H groups in total. The molecule has 0 saturated heterocycles. The van der Waals surface area contributed by atoms with Crippen LogP contribution in [0.4, 0.5) is 13.2 Å². The molecule has 3 saturated carbocycles. The minimum absolute atomic E-state index is 0.114. The molecule has 5 heteroatoms. The third-order valence-electron chi connectivity index (χ3n) is 8.92. The van der Waals surface area contributed by atoms with Crippen LogP contribution in [-0.4, -0.2) is 5.97 Å². The fraction of sp³-hybridized carbons (Fsp3) is 0.750. The molecule has 0 bridgehead atoms. The fourth-order valence-electron chi connectivity index (χ4n) is 7.07. The van der Waals surface area contributed by atoms with Crippen molar-refractivity contribution in [1.82, 2.24) is 0 Å². The Kier molecular flexibility index (Phi) is 8.07. The van der Waals surface area contributed by atoms with Crippen molar-refractivity contribution >= 4 is 5.97 Å². The van der Waals surface area contributed by atoms with Gasteiger partial charge < -0.3 is 4.74 Å². The fourth-order valence-corrected chi connectivity index (χ4v) is 7.07. The van der Waals surface area contributed by atoms with Crippen LogP contribution in [0.2, 0.25) is 0 Å². The van der Waals surface area contributed by atoms with Gasteiger partial charge in [-0.3, -0.25) is 4.79 Å². The van der Waals surface area contributed by atoms with Crippen LogP contribution in [0.25, 0.3) is 0 Å². The minimum Gasteiger partial charge on any atom is -0.426 e. The molecule has 0 radical (unpaired) electrons. The Labute approximate surface area is 196 Å². The standard InChI is InChI=1S/C28H39F3O2/c1-2-3-5-19-8-10-20(11-9-19)21-12-17-25-22(18-21)6-4-7-26(25)27(32)33-24-15-13-23(14-16-24)28(29,30)31/h13-16,19-22,25-26H,2-12,17-18H2,1H3. The van der Waals surface area contributed by atoms with E-state index >= 15 is 0 Å². The minimum atomic E-state index is -4.38. The van der Waals surface area contributed by atoms with E-state index < -0.39 is 11.7 Å². The monoisotopic (exact) mass is 464 g/mol. The first-order valence-corrected chi connectivity index (χ1v) is 13.2. The van der Waals surface area contributed by atoms with Gasteiger partial charge in [0.25, 0.3) is 0 Å². The molecule has 0 spiro atoms. The Morgan fingerprint density at radius 1 is 0.909 bits per heavy atom. The number of carbonyl (C=O) groups excluding carboxylic acids is 1. The average Bonchev–Trinajstić information content (AvgIpc) is 2.82. The normalized spacial score (nSPS) is 32.7. The quantitative estimate of drug-likeness (QED) is 0.312. The van der Waals surface area contributed by atoms with Crippen LogP contribution in [0.1, 0.15) is 96.0 Å². The molecule has 33 heavy (non-hydrogen) atoms. The first-order valence-electron chi connectivity index (χ1n) is 13.2. The van der Waals surface area contributed by atoms with Gasteiger partial charge in [0.05, 0.1) is 11.5 Å². The van der Waals surface area contributed by atoms with Crippen molar-refractivity contribution in [1.29, 1.82) is 0 Å². The predicted octanol–water partition coefficient (Wildman–Crippen LogP) is 8.44. The number of esters is 1. The van der Waals surface area contributed by atoms with Crippen LogP contribution in [0.15, 0.2) is 24.3 Å². The molecule has 0 aliphatic heterocycles. The number of fused-ring (bicyclic) bond motifs is 1. The highest BCUT2D eigenvalue weighted by Crippen LogP contribution is 2.50. The summed E-state index contributed by atoms with van der Waals surface area (Å²) in [6, 6.07) is 4.48. The lowest BCUT2D eigenvalue weighted by Crippen LogP contribution is -2.40. The number of benzene rings is 1. The third-order valence-corrected chi connectivity index (χ3v) is 8.92. The maximum absolute atomic E-state index is 13.0. The SMILES string of the molecule is CCCCC1CCC(C2CCC3C(CCCC3C(=O)Oc3ccc(C(F)(F)F)cc3)C2)CC1. The molecule has 184 valence electrons. The zero-order valence-electron chi connectivity index (χ0n) is 19.9. The van der Waals surface area contributed by atoms with Crippen LogP contribution in [-0.2, 0) is 11.0 Å². The van der Waals surface area contributed by atoms with Crippen LogP contribution in [0.3, 0.4) is 0 Å². The van der Waals surface area contributed by atoms with Crippen molar-refractivity contribution in [3.05, 3.63) is 29.8 Å². The second-order valence-corrected chi connectivity index (χ2v) is 10.9. The van der Waals surface area contributed by atoms with Gasteiger partial charge in [0.2, 0.25) is 0 Å². The highest BCUT2D eigenvalue weighted by molar-refractivity contribution is 5.75. The second-order valence-electron chi connectivity index (χ2n) is 10.9. The number of halogens is 3. The van der Waals surface area contributed by atoms with Crippen molar-refractivity contribution < 1.29 is 22.7 Å². The summed E-state index contributed by atoms with van der Waals surface area (Å²) >= 11 is 0. The number of ether oxygens (including phenoxy) is 1. The predicted molar refractivity (Wildman–Crippen MR) is 124 cm³/mol. The Hall–Kier alpha value is -1.52. The van der Waals surface area contributed by atoms with E-state index in [0.29, 0.717) is 11.8 Å². The molecule has 4 unspecified atom stereocenters. The molecule has 2 nitrogen and oxygen atoms in total. The molecule has 3 aliphatic rings. The molecule has 1 aromatic rings. The Balaban J connectivity index is 1.30. The number of unbranched alkanes of at least 4 members (excludes halogenated alkanes) is 1. The van der Waals surface area contributed by atoms with Crippen molar-refractivity contribution in [3.8, 4) is 5.75 Å². The summed E-state index contributed by atoms with van der Waals surface area (Å²) < 4.78 is 43.9. The molecule has 0 amide bonds. The number of hydrogen-bond acceptors (Lipinski definition) is 2. The summed E-state index contributed by atoms with van der Waals surface area (Å²) in [5.74, 6) is 3.43. The van der Waals surface area contributed by atoms with Gasteiger partial charge in [-0.1, -0.05) is 51.9 Å². The van der Waals surface area contributed by atoms with E-state index in [1.807, 2.05) is 0 Å². The van der Waals surface area contributed by atoms with E-state index in [4.69, 9.17) is 4.74 Å². The van der Waals surface area contributed by atoms with Gasteiger partial charge in [-0.15, -0.1) is 0 Å². The molecule has 3 fully saturated rings. The Bertz CT molecular complexity index is 764. The molecule has 3 aliphatic carbocycles. The first kappa shape index (κ1) is 24.6. The van der Waals surface area contributed by atoms with E-state index in [2.05, 4.69) is 6.92 Å². The number of alkyl halides is 3. The highest BCUT2D eigenvalue weighted by Gasteiger charge is 2.43. The number of rotatable bonds is 6. The van der Waals surface area contributed by atoms with Gasteiger partial charge >= 0.3 is 12.1 Å². The smallest absolute Gasteiger partial charge is 0.416 e. The van der Waals surface area contributed by atoms with Crippen molar-refractivity contribution in [3.63, 3.8) is 0 Å². The maximum atomic E-state index is 13.0. The zero-order chi connectivity index (χ0) is 23.4. The van der Waals surface area contributed by atoms with Gasteiger partial charge in [0.1, 0.15) is 5.75 Å². The summed E-state index contributed by atoms with van der Waals surface area (Å²) in [7, 11) is 0. The molecular weight excluding hydrogens is 425 g/mol. The molecule has 0 heterocycles. The molecule has 4 rings (SSSR count). The van der Waals surface area contributed by atoms with E-state index in [9.17, 15) is 18.0 Å². The summed E-state index contributed by atoms with van der Waals surface area (Å²) in [6.45, 7) is 2.28. The van der Waals surface area contributed by atoms with E-state index in [1.54, 1.807) is 0 Å². The van der Waals surface area contributed by atoms with Gasteiger partial charge in [0, 0.05) is 0 Å². The van der Waals surface area contributed by atoms with Gasteiger partial charge in [-0.2, -0.15) is 13.2 Å².